The van der Waals surface area contributed by atoms with Crippen molar-refractivity contribution < 1.29 is 13.6 Å². The van der Waals surface area contributed by atoms with Gasteiger partial charge in [0, 0.05) is 45.2 Å². The van der Waals surface area contributed by atoms with Crippen LogP contribution in [0.25, 0.3) is 0 Å². The highest BCUT2D eigenvalue weighted by Crippen LogP contribution is 2.28. The Morgan fingerprint density at radius 3 is 2.41 bits per heavy atom. The maximum absolute atomic E-state index is 13.3. The molecule has 0 aromatic heterocycles. The van der Waals surface area contributed by atoms with Gasteiger partial charge < -0.3 is 10.2 Å². The topological polar surface area (TPSA) is 35.6 Å². The highest BCUT2D eigenvalue weighted by Gasteiger charge is 2.31. The molecule has 1 N–H and O–H groups in total. The fourth-order valence-corrected chi connectivity index (χ4v) is 3.80. The predicted octanol–water partition coefficient (Wildman–Crippen LogP) is 2.79. The average Bonchev–Trinajstić information content (AvgIpc) is 2.64. The Balaban J connectivity index is 1.33. The van der Waals surface area contributed by atoms with E-state index in [1.54, 1.807) is 0 Å². The summed E-state index contributed by atoms with van der Waals surface area (Å²) < 4.78 is 26.6. The van der Waals surface area contributed by atoms with Crippen LogP contribution < -0.4 is 5.32 Å². The van der Waals surface area contributed by atoms with Gasteiger partial charge in [-0.1, -0.05) is 36.8 Å². The molecular formula is C21H31F2N3O. The van der Waals surface area contributed by atoms with Crippen molar-refractivity contribution in [2.45, 2.75) is 44.6 Å². The smallest absolute Gasteiger partial charge is 0.253 e. The van der Waals surface area contributed by atoms with Crippen LogP contribution in [0.4, 0.5) is 8.78 Å². The lowest BCUT2D eigenvalue weighted by Gasteiger charge is -2.38. The van der Waals surface area contributed by atoms with Crippen molar-refractivity contribution in [3.05, 3.63) is 35.9 Å². The molecule has 1 aliphatic heterocycles. The molecule has 1 aromatic carbocycles. The van der Waals surface area contributed by atoms with E-state index in [0.717, 1.165) is 51.1 Å². The number of piperazine rings is 1. The summed E-state index contributed by atoms with van der Waals surface area (Å²) in [7, 11) is 0. The van der Waals surface area contributed by atoms with Gasteiger partial charge in [0.25, 0.3) is 6.43 Å². The first-order valence-corrected chi connectivity index (χ1v) is 10.2. The monoisotopic (exact) mass is 379 g/mol. The molecule has 27 heavy (non-hydrogen) atoms. The number of benzene rings is 1. The molecule has 0 unspecified atom stereocenters. The van der Waals surface area contributed by atoms with Crippen LogP contribution in [0, 0.1) is 5.92 Å². The normalized spacial score (nSPS) is 19.9. The number of aryl methyl sites for hydroxylation is 1. The third-order valence-corrected chi connectivity index (χ3v) is 5.86. The number of carbonyl (C=O) groups is 1. The van der Waals surface area contributed by atoms with E-state index in [2.05, 4.69) is 10.2 Å². The molecule has 3 rings (SSSR count). The van der Waals surface area contributed by atoms with Gasteiger partial charge in [-0.25, -0.2) is 8.78 Å². The number of rotatable bonds is 9. The van der Waals surface area contributed by atoms with Gasteiger partial charge in [0.05, 0.1) is 6.04 Å². The minimum Gasteiger partial charge on any atom is -0.340 e. The summed E-state index contributed by atoms with van der Waals surface area (Å²) in [6, 6.07) is 9.00. The summed E-state index contributed by atoms with van der Waals surface area (Å²) in [5, 5.41) is 3.03. The molecule has 1 amide bonds. The first-order valence-electron chi connectivity index (χ1n) is 10.2. The van der Waals surface area contributed by atoms with Crippen LogP contribution in [0.15, 0.2) is 30.3 Å². The fraction of sp³-hybridized carbons (Fsp3) is 0.667. The lowest BCUT2D eigenvalue weighted by molar-refractivity contribution is -0.139. The Kier molecular flexibility index (Phi) is 7.59. The summed E-state index contributed by atoms with van der Waals surface area (Å²) in [5.41, 5.74) is 1.09. The van der Waals surface area contributed by atoms with Crippen LogP contribution >= 0.6 is 0 Å². The van der Waals surface area contributed by atoms with Crippen molar-refractivity contribution >= 4 is 5.91 Å². The largest absolute Gasteiger partial charge is 0.340 e. The second-order valence-corrected chi connectivity index (χ2v) is 7.71. The predicted molar refractivity (Wildman–Crippen MR) is 103 cm³/mol. The zero-order valence-corrected chi connectivity index (χ0v) is 16.0. The Bertz CT molecular complexity index is 572. The Morgan fingerprint density at radius 1 is 1.11 bits per heavy atom. The first-order chi connectivity index (χ1) is 13.1. The minimum atomic E-state index is -2.36. The maximum Gasteiger partial charge on any atom is 0.253 e. The van der Waals surface area contributed by atoms with Gasteiger partial charge in [0.2, 0.25) is 5.91 Å². The van der Waals surface area contributed by atoms with Gasteiger partial charge in [-0.15, -0.1) is 0 Å². The lowest BCUT2D eigenvalue weighted by Crippen LogP contribution is -2.52. The molecule has 1 heterocycles. The summed E-state index contributed by atoms with van der Waals surface area (Å²) >= 11 is 0. The molecule has 1 aromatic rings. The highest BCUT2D eigenvalue weighted by atomic mass is 19.3. The van der Waals surface area contributed by atoms with Gasteiger partial charge in [0.1, 0.15) is 0 Å². The van der Waals surface area contributed by atoms with Crippen molar-refractivity contribution in [1.82, 2.24) is 15.1 Å². The highest BCUT2D eigenvalue weighted by molar-refractivity contribution is 5.79. The minimum absolute atomic E-state index is 0.259. The summed E-state index contributed by atoms with van der Waals surface area (Å²) in [6.45, 7) is 4.51. The summed E-state index contributed by atoms with van der Waals surface area (Å²) in [5.74, 6) is 0.576. The number of hydrogen-bond acceptors (Lipinski definition) is 3. The maximum atomic E-state index is 13.3. The number of nitrogens with zero attached hydrogens (tertiary/aromatic N) is 2. The Morgan fingerprint density at radius 2 is 1.81 bits per heavy atom. The van der Waals surface area contributed by atoms with Crippen LogP contribution in [0.1, 0.15) is 31.2 Å². The molecule has 0 spiro atoms. The number of nitrogens with one attached hydrogen (secondary N) is 1. The second-order valence-electron chi connectivity index (χ2n) is 7.71. The van der Waals surface area contributed by atoms with Crippen molar-refractivity contribution in [1.29, 1.82) is 0 Å². The van der Waals surface area contributed by atoms with E-state index in [1.807, 2.05) is 35.2 Å². The molecular weight excluding hydrogens is 348 g/mol. The number of hydrogen-bond donors (Lipinski definition) is 1. The van der Waals surface area contributed by atoms with Gasteiger partial charge in [-0.3, -0.25) is 9.69 Å². The van der Waals surface area contributed by atoms with Crippen molar-refractivity contribution in [3.8, 4) is 0 Å². The molecule has 1 atom stereocenters. The Labute approximate surface area is 160 Å². The lowest BCUT2D eigenvalue weighted by atomic mass is 9.84. The number of halogens is 2. The third kappa shape index (κ3) is 5.98. The molecule has 0 radical (unpaired) electrons. The summed E-state index contributed by atoms with van der Waals surface area (Å²) in [4.78, 5) is 16.5. The molecule has 1 saturated carbocycles. The average molecular weight is 379 g/mol. The van der Waals surface area contributed by atoms with E-state index in [0.29, 0.717) is 25.3 Å². The van der Waals surface area contributed by atoms with Crippen LogP contribution in [0.5, 0.6) is 0 Å². The SMILES string of the molecule is O=C(C1CCC1)N1CCN(CCN[C@H](CCc2ccccc2)C(F)F)CC1. The zero-order chi connectivity index (χ0) is 19.1. The van der Waals surface area contributed by atoms with E-state index in [-0.39, 0.29) is 5.92 Å². The second kappa shape index (κ2) is 10.1. The number of alkyl halides is 2. The molecule has 0 bridgehead atoms. The molecule has 2 aliphatic rings. The number of amides is 1. The fourth-order valence-electron chi connectivity index (χ4n) is 3.80. The van der Waals surface area contributed by atoms with Crippen LogP contribution in [-0.4, -0.2) is 67.4 Å². The third-order valence-electron chi connectivity index (χ3n) is 5.86. The van der Waals surface area contributed by atoms with Crippen molar-refractivity contribution in [2.75, 3.05) is 39.3 Å². The molecule has 4 nitrogen and oxygen atoms in total. The quantitative estimate of drug-likeness (QED) is 0.717. The summed E-state index contributed by atoms with van der Waals surface area (Å²) in [6.07, 6.45) is 2.00. The van der Waals surface area contributed by atoms with Crippen LogP contribution in [-0.2, 0) is 11.2 Å². The van der Waals surface area contributed by atoms with Crippen molar-refractivity contribution in [3.63, 3.8) is 0 Å². The molecule has 150 valence electrons. The standard InChI is InChI=1S/C21H31F2N3O/c22-20(23)19(10-9-17-5-2-1-3-6-17)24-11-12-25-13-15-26(16-14-25)21(27)18-7-4-8-18/h1-3,5-6,18-20,24H,4,7-16H2/t19-/m1/s1. The molecule has 6 heteroatoms. The van der Waals surface area contributed by atoms with Gasteiger partial charge in [-0.2, -0.15) is 0 Å². The van der Waals surface area contributed by atoms with Gasteiger partial charge >= 0.3 is 0 Å². The van der Waals surface area contributed by atoms with E-state index < -0.39 is 12.5 Å². The molecule has 1 saturated heterocycles. The van der Waals surface area contributed by atoms with Gasteiger partial charge in [0.15, 0.2) is 0 Å². The number of carbonyl (C=O) groups excluding carboxylic acids is 1. The van der Waals surface area contributed by atoms with E-state index in [1.165, 1.54) is 6.42 Å². The molecule has 1 aliphatic carbocycles. The van der Waals surface area contributed by atoms with E-state index >= 15 is 0 Å². The van der Waals surface area contributed by atoms with E-state index in [9.17, 15) is 13.6 Å². The molecule has 2 fully saturated rings. The zero-order valence-electron chi connectivity index (χ0n) is 16.0. The van der Waals surface area contributed by atoms with E-state index in [4.69, 9.17) is 0 Å². The van der Waals surface area contributed by atoms with Crippen molar-refractivity contribution in [2.24, 2.45) is 5.92 Å². The first kappa shape index (κ1) is 20.2. The van der Waals surface area contributed by atoms with Crippen LogP contribution in [0.3, 0.4) is 0 Å². The Hall–Kier alpha value is -1.53. The van der Waals surface area contributed by atoms with Gasteiger partial charge in [-0.05, 0) is 31.2 Å². The van der Waals surface area contributed by atoms with Crippen LogP contribution in [0.2, 0.25) is 0 Å².